The van der Waals surface area contributed by atoms with E-state index in [0.717, 1.165) is 32.1 Å². The molecule has 0 radical (unpaired) electrons. The molecule has 0 spiro atoms. The van der Waals surface area contributed by atoms with Gasteiger partial charge in [-0.3, -0.25) is 9.69 Å². The number of rotatable bonds is 8. The van der Waals surface area contributed by atoms with Crippen molar-refractivity contribution in [1.29, 1.82) is 0 Å². The molecular formula is C15H30N2O2. The van der Waals surface area contributed by atoms with E-state index < -0.39 is 5.97 Å². The fraction of sp³-hybridized carbons (Fsp3) is 0.933. The van der Waals surface area contributed by atoms with Gasteiger partial charge in [0.15, 0.2) is 0 Å². The van der Waals surface area contributed by atoms with Crippen LogP contribution in [0.1, 0.15) is 46.5 Å². The van der Waals surface area contributed by atoms with Crippen molar-refractivity contribution >= 4 is 5.97 Å². The molecule has 0 aliphatic carbocycles. The van der Waals surface area contributed by atoms with Crippen LogP contribution in [-0.4, -0.2) is 59.6 Å². The number of hydrogen-bond acceptors (Lipinski definition) is 3. The van der Waals surface area contributed by atoms with Gasteiger partial charge in [-0.1, -0.05) is 27.2 Å². The monoisotopic (exact) mass is 270 g/mol. The zero-order valence-electron chi connectivity index (χ0n) is 12.8. The Morgan fingerprint density at radius 3 is 2.26 bits per heavy atom. The van der Waals surface area contributed by atoms with E-state index in [9.17, 15) is 4.79 Å². The van der Waals surface area contributed by atoms with Crippen molar-refractivity contribution in [2.24, 2.45) is 5.92 Å². The van der Waals surface area contributed by atoms with Crippen molar-refractivity contribution in [3.05, 3.63) is 0 Å². The number of carboxylic acid groups (broad SMARTS) is 1. The van der Waals surface area contributed by atoms with Gasteiger partial charge in [0.2, 0.25) is 0 Å². The van der Waals surface area contributed by atoms with Crippen LogP contribution in [0.15, 0.2) is 0 Å². The van der Waals surface area contributed by atoms with Gasteiger partial charge in [0.1, 0.15) is 0 Å². The van der Waals surface area contributed by atoms with Crippen LogP contribution in [0.4, 0.5) is 0 Å². The molecule has 1 fully saturated rings. The first-order valence-corrected chi connectivity index (χ1v) is 7.75. The molecular weight excluding hydrogens is 240 g/mol. The molecule has 0 saturated carbocycles. The predicted molar refractivity (Wildman–Crippen MR) is 78.4 cm³/mol. The fourth-order valence-electron chi connectivity index (χ4n) is 2.81. The van der Waals surface area contributed by atoms with Crippen LogP contribution >= 0.6 is 0 Å². The summed E-state index contributed by atoms with van der Waals surface area (Å²) in [6.45, 7) is 11.8. The highest BCUT2D eigenvalue weighted by Gasteiger charge is 2.23. The summed E-state index contributed by atoms with van der Waals surface area (Å²) < 4.78 is 0. The van der Waals surface area contributed by atoms with Gasteiger partial charge >= 0.3 is 5.97 Å². The largest absolute Gasteiger partial charge is 0.481 e. The highest BCUT2D eigenvalue weighted by molar-refractivity contribution is 5.66. The average molecular weight is 270 g/mol. The van der Waals surface area contributed by atoms with Crippen LogP contribution in [0.5, 0.6) is 0 Å². The summed E-state index contributed by atoms with van der Waals surface area (Å²) in [4.78, 5) is 15.5. The molecule has 112 valence electrons. The highest BCUT2D eigenvalue weighted by atomic mass is 16.4. The van der Waals surface area contributed by atoms with Crippen molar-refractivity contribution in [2.75, 3.05) is 32.7 Å². The molecule has 0 aromatic rings. The molecule has 1 aliphatic heterocycles. The minimum absolute atomic E-state index is 0.268. The first-order valence-electron chi connectivity index (χ1n) is 7.75. The third-order valence-corrected chi connectivity index (χ3v) is 4.41. The first kappa shape index (κ1) is 16.4. The van der Waals surface area contributed by atoms with Crippen LogP contribution in [0.2, 0.25) is 0 Å². The third kappa shape index (κ3) is 5.91. The van der Waals surface area contributed by atoms with E-state index in [1.54, 1.807) is 0 Å². The second kappa shape index (κ2) is 8.54. The molecule has 1 rings (SSSR count). The van der Waals surface area contributed by atoms with Crippen molar-refractivity contribution in [1.82, 2.24) is 9.80 Å². The van der Waals surface area contributed by atoms with Crippen LogP contribution in [0.3, 0.4) is 0 Å². The number of carbonyl (C=O) groups is 1. The maximum absolute atomic E-state index is 10.6. The van der Waals surface area contributed by atoms with Gasteiger partial charge in [0, 0.05) is 38.8 Å². The van der Waals surface area contributed by atoms with Gasteiger partial charge in [0.05, 0.1) is 6.42 Å². The lowest BCUT2D eigenvalue weighted by molar-refractivity contribution is -0.137. The summed E-state index contributed by atoms with van der Waals surface area (Å²) in [6, 6.07) is 0.705. The number of piperazine rings is 1. The smallest absolute Gasteiger partial charge is 0.304 e. The zero-order chi connectivity index (χ0) is 14.3. The number of aliphatic carboxylic acids is 1. The SMILES string of the molecule is CCC(C)CC(CC)N1CCN(CCC(=O)O)CC1. The lowest BCUT2D eigenvalue weighted by Crippen LogP contribution is -2.50. The van der Waals surface area contributed by atoms with E-state index in [1.165, 1.54) is 19.3 Å². The lowest BCUT2D eigenvalue weighted by atomic mass is 9.96. The molecule has 4 nitrogen and oxygen atoms in total. The van der Waals surface area contributed by atoms with Gasteiger partial charge in [-0.2, -0.15) is 0 Å². The normalized spacial score (nSPS) is 21.2. The number of carboxylic acids is 1. The quantitative estimate of drug-likeness (QED) is 0.735. The first-order chi connectivity index (χ1) is 9.06. The molecule has 4 heteroatoms. The van der Waals surface area contributed by atoms with Crippen molar-refractivity contribution in [3.8, 4) is 0 Å². The summed E-state index contributed by atoms with van der Waals surface area (Å²) in [5.41, 5.74) is 0. The Morgan fingerprint density at radius 2 is 1.79 bits per heavy atom. The van der Waals surface area contributed by atoms with E-state index in [-0.39, 0.29) is 6.42 Å². The lowest BCUT2D eigenvalue weighted by Gasteiger charge is -2.39. The minimum atomic E-state index is -0.689. The number of nitrogens with zero attached hydrogens (tertiary/aromatic N) is 2. The van der Waals surface area contributed by atoms with Crippen LogP contribution in [0.25, 0.3) is 0 Å². The fourth-order valence-corrected chi connectivity index (χ4v) is 2.81. The molecule has 1 N–H and O–H groups in total. The third-order valence-electron chi connectivity index (χ3n) is 4.41. The maximum atomic E-state index is 10.6. The van der Waals surface area contributed by atoms with Crippen LogP contribution in [0, 0.1) is 5.92 Å². The van der Waals surface area contributed by atoms with Crippen LogP contribution < -0.4 is 0 Å². The standard InChI is InChI=1S/C15H30N2O2/c1-4-13(3)12-14(5-2)17-10-8-16(9-11-17)7-6-15(18)19/h13-14H,4-12H2,1-3H3,(H,18,19). The molecule has 1 heterocycles. The van der Waals surface area contributed by atoms with Gasteiger partial charge in [0.25, 0.3) is 0 Å². The molecule has 0 aromatic heterocycles. The number of hydrogen-bond donors (Lipinski definition) is 1. The Labute approximate surface area is 117 Å². The molecule has 0 bridgehead atoms. The molecule has 0 amide bonds. The van der Waals surface area contributed by atoms with Crippen molar-refractivity contribution in [2.45, 2.75) is 52.5 Å². The summed E-state index contributed by atoms with van der Waals surface area (Å²) >= 11 is 0. The molecule has 1 saturated heterocycles. The molecule has 2 unspecified atom stereocenters. The summed E-state index contributed by atoms with van der Waals surface area (Å²) in [5.74, 6) is 0.112. The van der Waals surface area contributed by atoms with Gasteiger partial charge < -0.3 is 10.0 Å². The Bertz CT molecular complexity index is 263. The zero-order valence-corrected chi connectivity index (χ0v) is 12.8. The Hall–Kier alpha value is -0.610. The Balaban J connectivity index is 2.32. The topological polar surface area (TPSA) is 43.8 Å². The Morgan fingerprint density at radius 1 is 1.16 bits per heavy atom. The predicted octanol–water partition coefficient (Wildman–Crippen LogP) is 2.29. The molecule has 0 aromatic carbocycles. The molecule has 19 heavy (non-hydrogen) atoms. The maximum Gasteiger partial charge on any atom is 0.304 e. The van der Waals surface area contributed by atoms with E-state index in [4.69, 9.17) is 5.11 Å². The Kier molecular flexibility index (Phi) is 7.39. The van der Waals surface area contributed by atoms with E-state index >= 15 is 0 Å². The second-order valence-corrected chi connectivity index (χ2v) is 5.83. The van der Waals surface area contributed by atoms with E-state index in [2.05, 4.69) is 30.6 Å². The van der Waals surface area contributed by atoms with Gasteiger partial charge in [-0.25, -0.2) is 0 Å². The van der Waals surface area contributed by atoms with Crippen LogP contribution in [-0.2, 0) is 4.79 Å². The summed E-state index contributed by atoms with van der Waals surface area (Å²) in [7, 11) is 0. The van der Waals surface area contributed by atoms with Crippen molar-refractivity contribution < 1.29 is 9.90 Å². The molecule has 1 aliphatic rings. The second-order valence-electron chi connectivity index (χ2n) is 5.83. The highest BCUT2D eigenvalue weighted by Crippen LogP contribution is 2.19. The van der Waals surface area contributed by atoms with Gasteiger partial charge in [-0.15, -0.1) is 0 Å². The average Bonchev–Trinajstić information content (AvgIpc) is 2.42. The minimum Gasteiger partial charge on any atom is -0.481 e. The van der Waals surface area contributed by atoms with E-state index in [1.807, 2.05) is 0 Å². The summed E-state index contributed by atoms with van der Waals surface area (Å²) in [5, 5.41) is 8.71. The van der Waals surface area contributed by atoms with Crippen molar-refractivity contribution in [3.63, 3.8) is 0 Å². The van der Waals surface area contributed by atoms with E-state index in [0.29, 0.717) is 12.6 Å². The van der Waals surface area contributed by atoms with Gasteiger partial charge in [-0.05, 0) is 18.8 Å². The molecule has 2 atom stereocenters. The summed E-state index contributed by atoms with van der Waals surface area (Å²) in [6.07, 6.45) is 4.04.